The fourth-order valence-electron chi connectivity index (χ4n) is 3.24. The van der Waals surface area contributed by atoms with E-state index in [1.165, 1.54) is 12.8 Å². The van der Waals surface area contributed by atoms with Crippen molar-refractivity contribution in [3.8, 4) is 0 Å². The summed E-state index contributed by atoms with van der Waals surface area (Å²) in [7, 11) is 0. The second kappa shape index (κ2) is 6.47. The second-order valence-electron chi connectivity index (χ2n) is 6.97. The number of hydrogen-bond donors (Lipinski definition) is 1. The van der Waals surface area contributed by atoms with E-state index in [0.717, 1.165) is 43.3 Å². The van der Waals surface area contributed by atoms with Gasteiger partial charge in [0.25, 0.3) is 0 Å². The molecule has 0 amide bonds. The van der Waals surface area contributed by atoms with Crippen LogP contribution in [-0.4, -0.2) is 39.5 Å². The Morgan fingerprint density at radius 3 is 2.88 bits per heavy atom. The van der Waals surface area contributed by atoms with Gasteiger partial charge in [-0.3, -0.25) is 0 Å². The molecule has 0 bridgehead atoms. The summed E-state index contributed by atoms with van der Waals surface area (Å²) >= 11 is 0. The van der Waals surface area contributed by atoms with Crippen LogP contribution in [0.15, 0.2) is 16.7 Å². The number of piperidine rings is 1. The SMILES string of the molecule is Cc1ccc(N2CCC[C@H](N[C@H](C)c3nc(C4CC4)no3)C2)nn1. The van der Waals surface area contributed by atoms with Crippen molar-refractivity contribution in [3.05, 3.63) is 29.5 Å². The van der Waals surface area contributed by atoms with Crippen LogP contribution in [0.5, 0.6) is 0 Å². The quantitative estimate of drug-likeness (QED) is 0.902. The molecular weight excluding hydrogens is 304 g/mol. The molecule has 1 N–H and O–H groups in total. The number of nitrogens with zero attached hydrogens (tertiary/aromatic N) is 5. The fourth-order valence-corrected chi connectivity index (χ4v) is 3.24. The van der Waals surface area contributed by atoms with Gasteiger partial charge in [-0.25, -0.2) is 0 Å². The number of hydrogen-bond acceptors (Lipinski definition) is 7. The van der Waals surface area contributed by atoms with Gasteiger partial charge in [0, 0.05) is 25.0 Å². The van der Waals surface area contributed by atoms with E-state index in [0.29, 0.717) is 17.9 Å². The highest BCUT2D eigenvalue weighted by Gasteiger charge is 2.30. The summed E-state index contributed by atoms with van der Waals surface area (Å²) in [5.74, 6) is 3.05. The van der Waals surface area contributed by atoms with E-state index in [1.54, 1.807) is 0 Å². The van der Waals surface area contributed by atoms with Gasteiger partial charge < -0.3 is 14.7 Å². The third-order valence-electron chi connectivity index (χ3n) is 4.79. The zero-order valence-electron chi connectivity index (χ0n) is 14.3. The van der Waals surface area contributed by atoms with Crippen LogP contribution in [0, 0.1) is 6.92 Å². The maximum atomic E-state index is 5.43. The van der Waals surface area contributed by atoms with Crippen molar-refractivity contribution in [2.75, 3.05) is 18.0 Å². The van der Waals surface area contributed by atoms with Crippen LogP contribution in [0.25, 0.3) is 0 Å². The van der Waals surface area contributed by atoms with Gasteiger partial charge in [-0.1, -0.05) is 5.16 Å². The smallest absolute Gasteiger partial charge is 0.243 e. The molecule has 2 aliphatic rings. The zero-order chi connectivity index (χ0) is 16.5. The lowest BCUT2D eigenvalue weighted by Crippen LogP contribution is -2.46. The number of anilines is 1. The molecule has 1 saturated carbocycles. The molecule has 0 spiro atoms. The van der Waals surface area contributed by atoms with E-state index in [1.807, 2.05) is 19.1 Å². The molecule has 3 heterocycles. The summed E-state index contributed by atoms with van der Waals surface area (Å²) in [6.45, 7) is 6.00. The number of aryl methyl sites for hydroxylation is 1. The lowest BCUT2D eigenvalue weighted by atomic mass is 10.0. The molecule has 2 aromatic rings. The molecule has 0 aromatic carbocycles. The molecule has 128 valence electrons. The Morgan fingerprint density at radius 2 is 2.12 bits per heavy atom. The summed E-state index contributed by atoms with van der Waals surface area (Å²) in [4.78, 5) is 6.84. The lowest BCUT2D eigenvalue weighted by Gasteiger charge is -2.34. The minimum atomic E-state index is 0.0686. The maximum absolute atomic E-state index is 5.43. The molecule has 2 atom stereocenters. The van der Waals surface area contributed by atoms with Gasteiger partial charge in [0.1, 0.15) is 0 Å². The molecule has 2 fully saturated rings. The average Bonchev–Trinajstić information content (AvgIpc) is 3.32. The average molecular weight is 328 g/mol. The predicted molar refractivity (Wildman–Crippen MR) is 89.8 cm³/mol. The van der Waals surface area contributed by atoms with Crippen molar-refractivity contribution in [1.82, 2.24) is 25.7 Å². The molecule has 2 aromatic heterocycles. The van der Waals surface area contributed by atoms with E-state index in [-0.39, 0.29) is 6.04 Å². The van der Waals surface area contributed by atoms with Gasteiger partial charge in [-0.2, -0.15) is 10.1 Å². The summed E-state index contributed by atoms with van der Waals surface area (Å²) < 4.78 is 5.43. The van der Waals surface area contributed by atoms with Crippen LogP contribution >= 0.6 is 0 Å². The van der Waals surface area contributed by atoms with E-state index in [2.05, 4.69) is 37.5 Å². The Kier molecular flexibility index (Phi) is 4.18. The largest absolute Gasteiger partial charge is 0.354 e. The van der Waals surface area contributed by atoms with E-state index >= 15 is 0 Å². The third-order valence-corrected chi connectivity index (χ3v) is 4.79. The highest BCUT2D eigenvalue weighted by molar-refractivity contribution is 5.38. The molecule has 4 rings (SSSR count). The first-order valence-electron chi connectivity index (χ1n) is 8.84. The van der Waals surface area contributed by atoms with Gasteiger partial charge in [-0.15, -0.1) is 5.10 Å². The standard InChI is InChI=1S/C17H24N6O/c1-11-5-8-15(21-20-11)23-9-3-4-14(10-23)18-12(2)17-19-16(22-24-17)13-6-7-13/h5,8,12-14,18H,3-4,6-7,9-10H2,1-2H3/t12-,14+/m1/s1. The molecule has 7 heteroatoms. The molecule has 0 radical (unpaired) electrons. The number of nitrogens with one attached hydrogen (secondary N) is 1. The zero-order valence-corrected chi connectivity index (χ0v) is 14.3. The molecule has 1 aliphatic carbocycles. The Labute approximate surface area is 141 Å². The van der Waals surface area contributed by atoms with Gasteiger partial charge in [0.05, 0.1) is 11.7 Å². The second-order valence-corrected chi connectivity index (χ2v) is 6.97. The monoisotopic (exact) mass is 328 g/mol. The van der Waals surface area contributed by atoms with Gasteiger partial charge >= 0.3 is 0 Å². The fraction of sp³-hybridized carbons (Fsp3) is 0.647. The molecule has 1 aliphatic heterocycles. The van der Waals surface area contributed by atoms with Crippen molar-refractivity contribution in [3.63, 3.8) is 0 Å². The first kappa shape index (κ1) is 15.5. The number of aromatic nitrogens is 4. The normalized spacial score (nSPS) is 22.6. The van der Waals surface area contributed by atoms with Crippen molar-refractivity contribution in [1.29, 1.82) is 0 Å². The Morgan fingerprint density at radius 1 is 1.25 bits per heavy atom. The third kappa shape index (κ3) is 3.40. The van der Waals surface area contributed by atoms with Gasteiger partial charge in [0.2, 0.25) is 5.89 Å². The highest BCUT2D eigenvalue weighted by atomic mass is 16.5. The van der Waals surface area contributed by atoms with Crippen LogP contribution in [0.3, 0.4) is 0 Å². The molecule has 0 unspecified atom stereocenters. The highest BCUT2D eigenvalue weighted by Crippen LogP contribution is 2.38. The summed E-state index contributed by atoms with van der Waals surface area (Å²) in [6, 6.07) is 4.51. The van der Waals surface area contributed by atoms with Crippen LogP contribution in [0.4, 0.5) is 5.82 Å². The summed E-state index contributed by atoms with van der Waals surface area (Å²) in [5.41, 5.74) is 0.946. The van der Waals surface area contributed by atoms with Crippen LogP contribution in [0.2, 0.25) is 0 Å². The van der Waals surface area contributed by atoms with Crippen molar-refractivity contribution >= 4 is 5.82 Å². The van der Waals surface area contributed by atoms with Gasteiger partial charge in [0.15, 0.2) is 11.6 Å². The lowest BCUT2D eigenvalue weighted by molar-refractivity contribution is 0.307. The van der Waals surface area contributed by atoms with Crippen LogP contribution in [0.1, 0.15) is 62.0 Å². The van der Waals surface area contributed by atoms with Gasteiger partial charge in [-0.05, 0) is 51.7 Å². The van der Waals surface area contributed by atoms with Crippen LogP contribution < -0.4 is 10.2 Å². The van der Waals surface area contributed by atoms with Crippen molar-refractivity contribution in [2.24, 2.45) is 0 Å². The Balaban J connectivity index is 1.37. The topological polar surface area (TPSA) is 80.0 Å². The summed E-state index contributed by atoms with van der Waals surface area (Å²) in [6.07, 6.45) is 4.66. The number of rotatable bonds is 5. The van der Waals surface area contributed by atoms with Crippen LogP contribution in [-0.2, 0) is 0 Å². The molecular formula is C17H24N6O. The van der Waals surface area contributed by atoms with E-state index < -0.39 is 0 Å². The molecule has 24 heavy (non-hydrogen) atoms. The minimum absolute atomic E-state index is 0.0686. The Hall–Kier alpha value is -2.02. The van der Waals surface area contributed by atoms with Crippen molar-refractivity contribution in [2.45, 2.75) is 57.5 Å². The first-order valence-corrected chi connectivity index (χ1v) is 8.84. The maximum Gasteiger partial charge on any atom is 0.243 e. The van der Waals surface area contributed by atoms with E-state index in [9.17, 15) is 0 Å². The summed E-state index contributed by atoms with van der Waals surface area (Å²) in [5, 5.41) is 16.2. The molecule has 1 saturated heterocycles. The first-order chi connectivity index (χ1) is 11.7. The predicted octanol–water partition coefficient (Wildman–Crippen LogP) is 2.37. The minimum Gasteiger partial charge on any atom is -0.354 e. The Bertz CT molecular complexity index is 681. The van der Waals surface area contributed by atoms with Crippen molar-refractivity contribution < 1.29 is 4.52 Å². The molecule has 7 nitrogen and oxygen atoms in total. The van der Waals surface area contributed by atoms with E-state index in [4.69, 9.17) is 4.52 Å².